The van der Waals surface area contributed by atoms with Gasteiger partial charge < -0.3 is 0 Å². The molecule has 0 bridgehead atoms. The second-order valence-corrected chi connectivity index (χ2v) is 6.07. The van der Waals surface area contributed by atoms with E-state index in [9.17, 15) is 8.42 Å². The molecule has 1 aromatic rings. The van der Waals surface area contributed by atoms with Gasteiger partial charge in [0.15, 0.2) is 0 Å². The summed E-state index contributed by atoms with van der Waals surface area (Å²) in [6.07, 6.45) is 1.60. The van der Waals surface area contributed by atoms with Crippen LogP contribution in [0.5, 0.6) is 0 Å². The van der Waals surface area contributed by atoms with E-state index in [1.54, 1.807) is 0 Å². The largest absolute Gasteiger partial charge is 0.279 e. The van der Waals surface area contributed by atoms with Gasteiger partial charge in [-0.2, -0.15) is 17.4 Å². The quantitative estimate of drug-likeness (QED) is 0.876. The predicted octanol–water partition coefficient (Wildman–Crippen LogP) is 1.16. The van der Waals surface area contributed by atoms with Crippen LogP contribution in [0.1, 0.15) is 18.9 Å². The maximum Gasteiger partial charge on any atom is 0.279 e. The third-order valence-electron chi connectivity index (χ3n) is 2.88. The molecule has 1 aliphatic heterocycles. The van der Waals surface area contributed by atoms with Gasteiger partial charge in [0, 0.05) is 19.1 Å². The smallest absolute Gasteiger partial charge is 0.197 e. The molecule has 4 nitrogen and oxygen atoms in total. The first-order chi connectivity index (χ1) is 8.12. The van der Waals surface area contributed by atoms with Crippen LogP contribution in [0.15, 0.2) is 30.3 Å². The number of nitrogens with zero attached hydrogens (tertiary/aromatic N) is 1. The van der Waals surface area contributed by atoms with Crippen molar-refractivity contribution in [3.8, 4) is 0 Å². The second-order valence-electron chi connectivity index (χ2n) is 4.37. The van der Waals surface area contributed by atoms with Crippen molar-refractivity contribution < 1.29 is 8.42 Å². The van der Waals surface area contributed by atoms with Crippen LogP contribution >= 0.6 is 0 Å². The van der Waals surface area contributed by atoms with Crippen LogP contribution in [0, 0.1) is 0 Å². The zero-order chi connectivity index (χ0) is 12.3. The highest BCUT2D eigenvalue weighted by molar-refractivity contribution is 7.87. The molecule has 1 aliphatic rings. The van der Waals surface area contributed by atoms with Gasteiger partial charge in [-0.1, -0.05) is 37.3 Å². The topological polar surface area (TPSA) is 49.4 Å². The standard InChI is InChI=1S/C12H18N2O2S/c1-2-8-14-10-12(13-17(14,15)16)9-11-6-4-3-5-7-11/h3-7,12-13H,2,8-10H2,1H3/t12-/m0/s1. The van der Waals surface area contributed by atoms with Crippen molar-refractivity contribution in [3.05, 3.63) is 35.9 Å². The summed E-state index contributed by atoms with van der Waals surface area (Å²) in [4.78, 5) is 0. The highest BCUT2D eigenvalue weighted by Crippen LogP contribution is 2.14. The average molecular weight is 254 g/mol. The lowest BCUT2D eigenvalue weighted by molar-refractivity contribution is 0.425. The Hall–Kier alpha value is -0.910. The number of benzene rings is 1. The summed E-state index contributed by atoms with van der Waals surface area (Å²) in [7, 11) is -3.24. The van der Waals surface area contributed by atoms with E-state index >= 15 is 0 Å². The Balaban J connectivity index is 2.02. The zero-order valence-electron chi connectivity index (χ0n) is 9.96. The van der Waals surface area contributed by atoms with Crippen molar-refractivity contribution in [2.75, 3.05) is 13.1 Å². The molecule has 0 aromatic heterocycles. The second kappa shape index (κ2) is 5.16. The summed E-state index contributed by atoms with van der Waals surface area (Å²) in [6.45, 7) is 3.16. The van der Waals surface area contributed by atoms with Gasteiger partial charge in [0.2, 0.25) is 0 Å². The lowest BCUT2D eigenvalue weighted by Crippen LogP contribution is -2.31. The molecule has 0 radical (unpaired) electrons. The molecule has 94 valence electrons. The van der Waals surface area contributed by atoms with E-state index in [0.717, 1.165) is 12.8 Å². The Morgan fingerprint density at radius 2 is 2.06 bits per heavy atom. The summed E-state index contributed by atoms with van der Waals surface area (Å²) >= 11 is 0. The van der Waals surface area contributed by atoms with Crippen LogP contribution < -0.4 is 4.72 Å². The summed E-state index contributed by atoms with van der Waals surface area (Å²) in [5, 5.41) is 0. The Kier molecular flexibility index (Phi) is 3.81. The van der Waals surface area contributed by atoms with E-state index in [-0.39, 0.29) is 6.04 Å². The first kappa shape index (κ1) is 12.5. The molecule has 0 unspecified atom stereocenters. The number of rotatable bonds is 4. The zero-order valence-corrected chi connectivity index (χ0v) is 10.8. The number of hydrogen-bond acceptors (Lipinski definition) is 2. The molecule has 1 aromatic carbocycles. The van der Waals surface area contributed by atoms with Crippen LogP contribution in [-0.2, 0) is 16.6 Å². The molecule has 0 saturated carbocycles. The Bertz CT molecular complexity index is 459. The van der Waals surface area contributed by atoms with Crippen molar-refractivity contribution in [2.24, 2.45) is 0 Å². The minimum absolute atomic E-state index is 0.00560. The molecule has 1 atom stereocenters. The maximum absolute atomic E-state index is 11.8. The predicted molar refractivity (Wildman–Crippen MR) is 67.9 cm³/mol. The van der Waals surface area contributed by atoms with Crippen LogP contribution in [0.2, 0.25) is 0 Å². The summed E-state index contributed by atoms with van der Waals surface area (Å²) in [6, 6.07) is 9.96. The number of hydrogen-bond donors (Lipinski definition) is 1. The Morgan fingerprint density at radius 1 is 1.35 bits per heavy atom. The molecule has 5 heteroatoms. The normalized spacial score (nSPS) is 23.9. The van der Waals surface area contributed by atoms with E-state index in [0.29, 0.717) is 13.1 Å². The fourth-order valence-electron chi connectivity index (χ4n) is 2.13. The van der Waals surface area contributed by atoms with E-state index in [1.165, 1.54) is 9.87 Å². The van der Waals surface area contributed by atoms with Gasteiger partial charge in [-0.3, -0.25) is 0 Å². The molecule has 1 heterocycles. The lowest BCUT2D eigenvalue weighted by Gasteiger charge is -2.11. The molecule has 0 amide bonds. The first-order valence-corrected chi connectivity index (χ1v) is 7.37. The molecule has 2 rings (SSSR count). The maximum atomic E-state index is 11.8. The first-order valence-electron chi connectivity index (χ1n) is 5.93. The van der Waals surface area contributed by atoms with E-state index in [4.69, 9.17) is 0 Å². The van der Waals surface area contributed by atoms with Gasteiger partial charge in [0.1, 0.15) is 0 Å². The SMILES string of the molecule is CCCN1C[C@H](Cc2ccccc2)NS1(=O)=O. The highest BCUT2D eigenvalue weighted by Gasteiger charge is 2.34. The minimum Gasteiger partial charge on any atom is -0.197 e. The van der Waals surface area contributed by atoms with Gasteiger partial charge in [0.25, 0.3) is 10.2 Å². The third kappa shape index (κ3) is 3.06. The van der Waals surface area contributed by atoms with Crippen LogP contribution in [-0.4, -0.2) is 31.9 Å². The minimum atomic E-state index is -3.24. The third-order valence-corrected chi connectivity index (χ3v) is 4.52. The Morgan fingerprint density at radius 3 is 2.71 bits per heavy atom. The summed E-state index contributed by atoms with van der Waals surface area (Å²) < 4.78 is 27.8. The van der Waals surface area contributed by atoms with Crippen molar-refractivity contribution in [3.63, 3.8) is 0 Å². The van der Waals surface area contributed by atoms with Crippen molar-refractivity contribution >= 4 is 10.2 Å². The van der Waals surface area contributed by atoms with Crippen molar-refractivity contribution in [1.29, 1.82) is 0 Å². The molecule has 0 aliphatic carbocycles. The van der Waals surface area contributed by atoms with E-state index < -0.39 is 10.2 Å². The molecule has 1 fully saturated rings. The van der Waals surface area contributed by atoms with Gasteiger partial charge in [-0.15, -0.1) is 0 Å². The van der Waals surface area contributed by atoms with E-state index in [1.807, 2.05) is 37.3 Å². The molecule has 17 heavy (non-hydrogen) atoms. The highest BCUT2D eigenvalue weighted by atomic mass is 32.2. The summed E-state index contributed by atoms with van der Waals surface area (Å²) in [5.74, 6) is 0. The molecular weight excluding hydrogens is 236 g/mol. The fraction of sp³-hybridized carbons (Fsp3) is 0.500. The molecule has 0 spiro atoms. The van der Waals surface area contributed by atoms with Crippen molar-refractivity contribution in [2.45, 2.75) is 25.8 Å². The van der Waals surface area contributed by atoms with Crippen LogP contribution in [0.25, 0.3) is 0 Å². The van der Waals surface area contributed by atoms with Crippen molar-refractivity contribution in [1.82, 2.24) is 9.03 Å². The monoisotopic (exact) mass is 254 g/mol. The van der Waals surface area contributed by atoms with E-state index in [2.05, 4.69) is 4.72 Å². The van der Waals surface area contributed by atoms with Gasteiger partial charge in [-0.05, 0) is 18.4 Å². The lowest BCUT2D eigenvalue weighted by atomic mass is 10.1. The van der Waals surface area contributed by atoms with Gasteiger partial charge in [-0.25, -0.2) is 0 Å². The fourth-order valence-corrected chi connectivity index (χ4v) is 3.66. The average Bonchev–Trinajstić information content (AvgIpc) is 2.55. The number of nitrogens with one attached hydrogen (secondary N) is 1. The Labute approximate surface area is 103 Å². The molecular formula is C12H18N2O2S. The van der Waals surface area contributed by atoms with Crippen LogP contribution in [0.4, 0.5) is 0 Å². The summed E-state index contributed by atoms with van der Waals surface area (Å²) in [5.41, 5.74) is 1.17. The molecule has 1 N–H and O–H groups in total. The van der Waals surface area contributed by atoms with Gasteiger partial charge >= 0.3 is 0 Å². The molecule has 1 saturated heterocycles. The van der Waals surface area contributed by atoms with Crippen LogP contribution in [0.3, 0.4) is 0 Å². The van der Waals surface area contributed by atoms with Gasteiger partial charge in [0.05, 0.1) is 0 Å².